The Morgan fingerprint density at radius 3 is 2.74 bits per heavy atom. The molecule has 0 aromatic heterocycles. The average Bonchev–Trinajstić information content (AvgIpc) is 3.47. The van der Waals surface area contributed by atoms with Gasteiger partial charge in [-0.1, -0.05) is 12.9 Å². The Morgan fingerprint density at radius 1 is 1.16 bits per heavy atom. The Morgan fingerprint density at radius 2 is 1.97 bits per heavy atom. The summed E-state index contributed by atoms with van der Waals surface area (Å²) in [6.07, 6.45) is 0.924. The number of hydrogen-bond donors (Lipinski definition) is 0. The zero-order valence-electron chi connectivity index (χ0n) is 22.2. The van der Waals surface area contributed by atoms with E-state index in [-0.39, 0.29) is 24.6 Å². The van der Waals surface area contributed by atoms with E-state index in [1.54, 1.807) is 12.1 Å². The molecule has 8 nitrogen and oxygen atoms in total. The highest BCUT2D eigenvalue weighted by atomic mass is 19.1. The molecule has 0 saturated carbocycles. The molecule has 10 heteroatoms. The van der Waals surface area contributed by atoms with Crippen LogP contribution in [0.4, 0.5) is 20.6 Å². The number of cyclic esters (lactones) is 1. The summed E-state index contributed by atoms with van der Waals surface area (Å²) >= 11 is 0. The summed E-state index contributed by atoms with van der Waals surface area (Å²) in [5.74, 6) is 0.598. The molecule has 2 fully saturated rings. The maximum absolute atomic E-state index is 15.1. The maximum atomic E-state index is 15.1. The zero-order chi connectivity index (χ0) is 26.6. The molecule has 0 unspecified atom stereocenters. The van der Waals surface area contributed by atoms with Crippen molar-refractivity contribution in [3.05, 3.63) is 47.8 Å². The number of piperazine rings is 1. The van der Waals surface area contributed by atoms with E-state index in [9.17, 15) is 9.59 Å². The number of ether oxygens (including phenoxy) is 2. The van der Waals surface area contributed by atoms with Crippen LogP contribution in [0.15, 0.2) is 36.4 Å². The van der Waals surface area contributed by atoms with Crippen LogP contribution < -0.4 is 20.0 Å². The van der Waals surface area contributed by atoms with Crippen molar-refractivity contribution in [1.82, 2.24) is 4.90 Å². The van der Waals surface area contributed by atoms with Crippen LogP contribution in [-0.4, -0.2) is 75.7 Å². The number of rotatable bonds is 10. The lowest BCUT2D eigenvalue weighted by molar-refractivity contribution is -0.117. The molecule has 0 radical (unpaired) electrons. The lowest BCUT2D eigenvalue weighted by Gasteiger charge is -2.36. The van der Waals surface area contributed by atoms with Crippen LogP contribution in [-0.2, 0) is 20.8 Å². The fraction of sp³-hybridized carbons (Fsp3) is 0.500. The fourth-order valence-corrected chi connectivity index (χ4v) is 5.33. The number of Topliss-reactive ketones (excluding diaryl/α,β-unsaturated/α-hetero) is 1. The van der Waals surface area contributed by atoms with Crippen molar-refractivity contribution < 1.29 is 28.1 Å². The Bertz CT molecular complexity index is 1170. The van der Waals surface area contributed by atoms with Crippen molar-refractivity contribution in [1.29, 1.82) is 0 Å². The minimum atomic E-state index is -0.497. The maximum Gasteiger partial charge on any atom is 0.414 e. The molecule has 202 valence electrons. The number of carbonyl (C=O) groups is 2. The second kappa shape index (κ2) is 11.7. The van der Waals surface area contributed by atoms with Crippen molar-refractivity contribution in [2.24, 2.45) is 0 Å². The summed E-state index contributed by atoms with van der Waals surface area (Å²) in [5.41, 5.74) is 3.48. The third kappa shape index (κ3) is 6.13. The SMILES string of the molecule is CB1OCc2ccc(OCCCN3CCN(c4ccc(N5C[C@H](CCC(C)=O)OC5=O)cc4F)CC3)cc21. The molecule has 3 aliphatic rings. The summed E-state index contributed by atoms with van der Waals surface area (Å²) in [5, 5.41) is 0. The molecular weight excluding hydrogens is 488 g/mol. The van der Waals surface area contributed by atoms with Crippen molar-refractivity contribution in [3.8, 4) is 5.75 Å². The Balaban J connectivity index is 1.06. The topological polar surface area (TPSA) is 71.6 Å². The van der Waals surface area contributed by atoms with E-state index < -0.39 is 6.09 Å². The molecular formula is C28H35BFN3O5. The first kappa shape index (κ1) is 26.5. The monoisotopic (exact) mass is 523 g/mol. The summed E-state index contributed by atoms with van der Waals surface area (Å²) < 4.78 is 32.1. The van der Waals surface area contributed by atoms with E-state index in [1.807, 2.05) is 6.07 Å². The van der Waals surface area contributed by atoms with Gasteiger partial charge >= 0.3 is 13.0 Å². The molecule has 2 aromatic rings. The van der Waals surface area contributed by atoms with Crippen molar-refractivity contribution in [2.45, 2.75) is 45.7 Å². The molecule has 0 spiro atoms. The minimum Gasteiger partial charge on any atom is -0.494 e. The highest BCUT2D eigenvalue weighted by molar-refractivity contribution is 6.67. The van der Waals surface area contributed by atoms with Crippen molar-refractivity contribution >= 4 is 35.6 Å². The Kier molecular flexibility index (Phi) is 8.19. The van der Waals surface area contributed by atoms with Gasteiger partial charge in [0, 0.05) is 39.1 Å². The zero-order valence-corrected chi connectivity index (χ0v) is 22.2. The van der Waals surface area contributed by atoms with Crippen molar-refractivity contribution in [3.63, 3.8) is 0 Å². The summed E-state index contributed by atoms with van der Waals surface area (Å²) in [4.78, 5) is 29.4. The van der Waals surface area contributed by atoms with E-state index >= 15 is 4.39 Å². The van der Waals surface area contributed by atoms with Crippen molar-refractivity contribution in [2.75, 3.05) is 55.7 Å². The number of nitrogens with zero attached hydrogens (tertiary/aromatic N) is 3. The van der Waals surface area contributed by atoms with Gasteiger partial charge in [-0.3, -0.25) is 9.80 Å². The molecule has 2 aromatic carbocycles. The van der Waals surface area contributed by atoms with Gasteiger partial charge < -0.3 is 23.8 Å². The average molecular weight is 523 g/mol. The summed E-state index contributed by atoms with van der Waals surface area (Å²) in [6, 6.07) is 11.1. The van der Waals surface area contributed by atoms with E-state index in [4.69, 9.17) is 14.1 Å². The largest absolute Gasteiger partial charge is 0.494 e. The van der Waals surface area contributed by atoms with Gasteiger partial charge in [-0.2, -0.15) is 0 Å². The molecule has 1 atom stereocenters. The molecule has 3 aliphatic heterocycles. The first-order chi connectivity index (χ1) is 18.4. The number of carbonyl (C=O) groups excluding carboxylic acids is 2. The highest BCUT2D eigenvalue weighted by Crippen LogP contribution is 2.29. The number of hydrogen-bond acceptors (Lipinski definition) is 7. The van der Waals surface area contributed by atoms with Crippen LogP contribution in [0.25, 0.3) is 0 Å². The molecule has 0 N–H and O–H groups in total. The summed E-state index contributed by atoms with van der Waals surface area (Å²) in [6.45, 7) is 9.46. The second-order valence-corrected chi connectivity index (χ2v) is 10.3. The normalized spacial score (nSPS) is 19.6. The molecule has 0 aliphatic carbocycles. The van der Waals surface area contributed by atoms with Crippen LogP contribution in [0, 0.1) is 5.82 Å². The van der Waals surface area contributed by atoms with Crippen LogP contribution >= 0.6 is 0 Å². The van der Waals surface area contributed by atoms with Gasteiger partial charge in [-0.05, 0) is 61.1 Å². The van der Waals surface area contributed by atoms with Crippen LogP contribution in [0.5, 0.6) is 5.75 Å². The lowest BCUT2D eigenvalue weighted by atomic mass is 9.64. The number of benzene rings is 2. The summed E-state index contributed by atoms with van der Waals surface area (Å²) in [7, 11) is 0. The molecule has 2 saturated heterocycles. The standard InChI is InChI=1S/C28H35BFN3O5/c1-20(34)4-7-24-18-33(28(35)38-24)22-6-9-27(26(30)16-22)32-13-11-31(12-14-32)10-3-15-36-23-8-5-21-19-37-29(2)25(21)17-23/h5-6,8-9,16-17,24H,3-4,7,10-15,18-19H2,1-2H3/t24-/m0/s1. The minimum absolute atomic E-state index is 0.0590. The number of ketones is 1. The number of fused-ring (bicyclic) bond motifs is 1. The third-order valence-electron chi connectivity index (χ3n) is 7.58. The van der Waals surface area contributed by atoms with Gasteiger partial charge in [0.25, 0.3) is 0 Å². The van der Waals surface area contributed by atoms with Gasteiger partial charge in [-0.15, -0.1) is 0 Å². The Hall–Kier alpha value is -3.11. The van der Waals surface area contributed by atoms with Crippen LogP contribution in [0.2, 0.25) is 6.82 Å². The fourth-order valence-electron chi connectivity index (χ4n) is 5.33. The number of anilines is 2. The van der Waals surface area contributed by atoms with Crippen LogP contribution in [0.1, 0.15) is 31.7 Å². The third-order valence-corrected chi connectivity index (χ3v) is 7.58. The highest BCUT2D eigenvalue weighted by Gasteiger charge is 2.33. The molecule has 0 bridgehead atoms. The molecule has 5 rings (SSSR count). The van der Waals surface area contributed by atoms with Gasteiger partial charge in [0.2, 0.25) is 0 Å². The second-order valence-electron chi connectivity index (χ2n) is 10.3. The first-order valence-electron chi connectivity index (χ1n) is 13.5. The molecule has 3 heterocycles. The molecule has 1 amide bonds. The molecule has 38 heavy (non-hydrogen) atoms. The van der Waals surface area contributed by atoms with E-state index in [0.29, 0.717) is 44.0 Å². The number of halogens is 1. The number of amides is 1. The van der Waals surface area contributed by atoms with Gasteiger partial charge in [-0.25, -0.2) is 9.18 Å². The predicted octanol–water partition coefficient (Wildman–Crippen LogP) is 3.47. The smallest absolute Gasteiger partial charge is 0.414 e. The quantitative estimate of drug-likeness (QED) is 0.349. The van der Waals surface area contributed by atoms with Gasteiger partial charge in [0.05, 0.1) is 31.1 Å². The van der Waals surface area contributed by atoms with E-state index in [2.05, 4.69) is 28.8 Å². The van der Waals surface area contributed by atoms with Gasteiger partial charge in [0.15, 0.2) is 0 Å². The predicted molar refractivity (Wildman–Crippen MR) is 145 cm³/mol. The van der Waals surface area contributed by atoms with Gasteiger partial charge in [0.1, 0.15) is 23.5 Å². The first-order valence-corrected chi connectivity index (χ1v) is 13.5. The Labute approximate surface area is 223 Å². The van der Waals surface area contributed by atoms with E-state index in [0.717, 1.165) is 44.9 Å². The van der Waals surface area contributed by atoms with Crippen LogP contribution in [0.3, 0.4) is 0 Å². The van der Waals surface area contributed by atoms with E-state index in [1.165, 1.54) is 28.9 Å². The lowest BCUT2D eigenvalue weighted by Crippen LogP contribution is -2.47.